The van der Waals surface area contributed by atoms with Gasteiger partial charge >= 0.3 is 5.97 Å². The molecule has 1 aromatic rings. The molecule has 0 bridgehead atoms. The Balaban J connectivity index is 2.11. The average Bonchev–Trinajstić information content (AvgIpc) is 3.02. The molecule has 1 saturated heterocycles. The highest BCUT2D eigenvalue weighted by Gasteiger charge is 2.31. The second-order valence-corrected chi connectivity index (χ2v) is 8.51. The molecule has 1 N–H and O–H groups in total. The highest BCUT2D eigenvalue weighted by atomic mass is 16.4. The van der Waals surface area contributed by atoms with Gasteiger partial charge in [0.15, 0.2) is 0 Å². The van der Waals surface area contributed by atoms with Crippen molar-refractivity contribution >= 4 is 11.9 Å². The fraction of sp³-hybridized carbons (Fsp3) is 0.619. The lowest BCUT2D eigenvalue weighted by molar-refractivity contribution is -0.140. The van der Waals surface area contributed by atoms with E-state index >= 15 is 0 Å². The third kappa shape index (κ3) is 5.07. The number of aliphatic carboxylic acids is 1. The lowest BCUT2D eigenvalue weighted by Gasteiger charge is -2.30. The lowest BCUT2D eigenvalue weighted by Crippen LogP contribution is -2.44. The van der Waals surface area contributed by atoms with Crippen LogP contribution in [-0.4, -0.2) is 52.5 Å². The summed E-state index contributed by atoms with van der Waals surface area (Å²) < 4.78 is 0. The molecule has 5 heteroatoms. The van der Waals surface area contributed by atoms with Crippen LogP contribution in [0.15, 0.2) is 24.3 Å². The summed E-state index contributed by atoms with van der Waals surface area (Å²) in [5, 5.41) is 9.07. The van der Waals surface area contributed by atoms with Gasteiger partial charge in [-0.3, -0.25) is 14.5 Å². The third-order valence-electron chi connectivity index (χ3n) is 5.14. The Morgan fingerprint density at radius 2 is 1.81 bits per heavy atom. The summed E-state index contributed by atoms with van der Waals surface area (Å²) in [6.07, 6.45) is 1.94. The number of carbonyl (C=O) groups excluding carboxylic acids is 1. The number of carboxylic acid groups (broad SMARTS) is 1. The van der Waals surface area contributed by atoms with E-state index in [1.54, 1.807) is 4.90 Å². The van der Waals surface area contributed by atoms with E-state index in [1.807, 2.05) is 18.7 Å². The van der Waals surface area contributed by atoms with Crippen molar-refractivity contribution in [2.75, 3.05) is 19.6 Å². The molecule has 1 unspecified atom stereocenters. The summed E-state index contributed by atoms with van der Waals surface area (Å²) in [4.78, 5) is 27.5. The Kier molecular flexibility index (Phi) is 6.45. The molecule has 1 aliphatic heterocycles. The van der Waals surface area contributed by atoms with Crippen LogP contribution in [0.1, 0.15) is 64.6 Å². The van der Waals surface area contributed by atoms with Crippen LogP contribution in [0.25, 0.3) is 0 Å². The van der Waals surface area contributed by atoms with Crippen LogP contribution in [0.2, 0.25) is 0 Å². The highest BCUT2D eigenvalue weighted by Crippen LogP contribution is 2.33. The number of benzene rings is 1. The van der Waals surface area contributed by atoms with Crippen molar-refractivity contribution in [3.8, 4) is 0 Å². The van der Waals surface area contributed by atoms with Gasteiger partial charge in [-0.25, -0.2) is 0 Å². The van der Waals surface area contributed by atoms with Gasteiger partial charge in [0.2, 0.25) is 5.91 Å². The van der Waals surface area contributed by atoms with Gasteiger partial charge in [0.1, 0.15) is 0 Å². The van der Waals surface area contributed by atoms with Crippen LogP contribution < -0.4 is 0 Å². The summed E-state index contributed by atoms with van der Waals surface area (Å²) in [7, 11) is 0. The fourth-order valence-electron chi connectivity index (χ4n) is 3.48. The molecular weight excluding hydrogens is 328 g/mol. The lowest BCUT2D eigenvalue weighted by atomic mass is 9.86. The molecule has 1 aliphatic rings. The largest absolute Gasteiger partial charge is 0.480 e. The molecule has 0 spiro atoms. The van der Waals surface area contributed by atoms with E-state index in [2.05, 4.69) is 45.0 Å². The standard InChI is InChI=1S/C21H32N2O3/c1-15(2)22(14-20(25)26)13-19(24)23-12-6-7-18(23)16-8-10-17(11-9-16)21(3,4)5/h8-11,15,18H,6-7,12-14H2,1-5H3,(H,25,26). The van der Waals surface area contributed by atoms with Crippen molar-refractivity contribution in [3.63, 3.8) is 0 Å². The Morgan fingerprint density at radius 3 is 2.31 bits per heavy atom. The van der Waals surface area contributed by atoms with E-state index in [0.29, 0.717) is 0 Å². The first-order chi connectivity index (χ1) is 12.1. The molecule has 0 saturated carbocycles. The summed E-state index contributed by atoms with van der Waals surface area (Å²) in [6.45, 7) is 11.2. The first-order valence-electron chi connectivity index (χ1n) is 9.45. The van der Waals surface area contributed by atoms with Gasteiger partial charge < -0.3 is 10.0 Å². The first-order valence-corrected chi connectivity index (χ1v) is 9.45. The Labute approximate surface area is 157 Å². The topological polar surface area (TPSA) is 60.9 Å². The van der Waals surface area contributed by atoms with Crippen molar-refractivity contribution in [1.82, 2.24) is 9.80 Å². The zero-order chi connectivity index (χ0) is 19.5. The molecule has 1 aromatic carbocycles. The molecule has 26 heavy (non-hydrogen) atoms. The van der Waals surface area contributed by atoms with E-state index in [4.69, 9.17) is 5.11 Å². The number of hydrogen-bond donors (Lipinski definition) is 1. The van der Waals surface area contributed by atoms with Crippen molar-refractivity contribution in [2.45, 2.75) is 65.0 Å². The molecule has 0 aliphatic carbocycles. The second-order valence-electron chi connectivity index (χ2n) is 8.51. The number of amides is 1. The zero-order valence-corrected chi connectivity index (χ0v) is 16.7. The van der Waals surface area contributed by atoms with Crippen LogP contribution in [0.3, 0.4) is 0 Å². The van der Waals surface area contributed by atoms with Crippen LogP contribution in [0, 0.1) is 0 Å². The summed E-state index contributed by atoms with van der Waals surface area (Å²) in [6, 6.07) is 8.68. The van der Waals surface area contributed by atoms with Crippen LogP contribution in [-0.2, 0) is 15.0 Å². The maximum absolute atomic E-state index is 12.8. The van der Waals surface area contributed by atoms with Gasteiger partial charge in [0.05, 0.1) is 19.1 Å². The van der Waals surface area contributed by atoms with Gasteiger partial charge in [-0.2, -0.15) is 0 Å². The molecule has 2 rings (SSSR count). The molecule has 1 fully saturated rings. The SMILES string of the molecule is CC(C)N(CC(=O)O)CC(=O)N1CCCC1c1ccc(C(C)(C)C)cc1. The minimum absolute atomic E-state index is 0.0159. The van der Waals surface area contributed by atoms with Gasteiger partial charge in [0.25, 0.3) is 0 Å². The number of nitrogens with zero attached hydrogens (tertiary/aromatic N) is 2. The van der Waals surface area contributed by atoms with E-state index in [-0.39, 0.29) is 36.5 Å². The summed E-state index contributed by atoms with van der Waals surface area (Å²) in [5.74, 6) is -0.885. The fourth-order valence-corrected chi connectivity index (χ4v) is 3.48. The average molecular weight is 360 g/mol. The van der Waals surface area contributed by atoms with E-state index in [9.17, 15) is 9.59 Å². The number of carboxylic acids is 1. The predicted molar refractivity (Wildman–Crippen MR) is 103 cm³/mol. The monoisotopic (exact) mass is 360 g/mol. The van der Waals surface area contributed by atoms with E-state index in [0.717, 1.165) is 24.9 Å². The molecule has 1 amide bonds. The van der Waals surface area contributed by atoms with E-state index in [1.165, 1.54) is 5.56 Å². The highest BCUT2D eigenvalue weighted by molar-refractivity contribution is 5.80. The zero-order valence-electron chi connectivity index (χ0n) is 16.7. The number of hydrogen-bond acceptors (Lipinski definition) is 3. The van der Waals surface area contributed by atoms with Crippen molar-refractivity contribution in [3.05, 3.63) is 35.4 Å². The minimum Gasteiger partial charge on any atom is -0.480 e. The maximum Gasteiger partial charge on any atom is 0.317 e. The maximum atomic E-state index is 12.8. The number of carbonyl (C=O) groups is 2. The van der Waals surface area contributed by atoms with Gasteiger partial charge in [-0.1, -0.05) is 45.0 Å². The minimum atomic E-state index is -0.901. The third-order valence-corrected chi connectivity index (χ3v) is 5.14. The predicted octanol–water partition coefficient (Wildman–Crippen LogP) is 3.44. The van der Waals surface area contributed by atoms with Crippen molar-refractivity contribution in [1.29, 1.82) is 0 Å². The Morgan fingerprint density at radius 1 is 1.19 bits per heavy atom. The first kappa shape index (κ1) is 20.4. The Bertz CT molecular complexity index is 632. The van der Waals surface area contributed by atoms with Crippen LogP contribution in [0.4, 0.5) is 0 Å². The smallest absolute Gasteiger partial charge is 0.317 e. The molecule has 144 valence electrons. The van der Waals surface area contributed by atoms with Gasteiger partial charge in [-0.05, 0) is 43.2 Å². The van der Waals surface area contributed by atoms with Gasteiger partial charge in [-0.15, -0.1) is 0 Å². The van der Waals surface area contributed by atoms with Crippen molar-refractivity contribution < 1.29 is 14.7 Å². The van der Waals surface area contributed by atoms with Crippen LogP contribution >= 0.6 is 0 Å². The van der Waals surface area contributed by atoms with Crippen LogP contribution in [0.5, 0.6) is 0 Å². The quantitative estimate of drug-likeness (QED) is 0.844. The Hall–Kier alpha value is -1.88. The molecule has 0 radical (unpaired) electrons. The molecular formula is C21H32N2O3. The van der Waals surface area contributed by atoms with Gasteiger partial charge in [0, 0.05) is 12.6 Å². The second kappa shape index (κ2) is 8.21. The number of rotatable bonds is 6. The normalized spacial score (nSPS) is 18.0. The summed E-state index contributed by atoms with van der Waals surface area (Å²) in [5.41, 5.74) is 2.56. The number of likely N-dealkylation sites (tertiary alicyclic amines) is 1. The van der Waals surface area contributed by atoms with Crippen molar-refractivity contribution in [2.24, 2.45) is 0 Å². The summed E-state index contributed by atoms with van der Waals surface area (Å²) >= 11 is 0. The molecule has 1 heterocycles. The molecule has 5 nitrogen and oxygen atoms in total. The van der Waals surface area contributed by atoms with E-state index < -0.39 is 5.97 Å². The molecule has 0 aromatic heterocycles. The molecule has 1 atom stereocenters.